The third kappa shape index (κ3) is 4.11. The molecule has 0 unspecified atom stereocenters. The number of rotatable bonds is 2. The van der Waals surface area contributed by atoms with Gasteiger partial charge in [0.2, 0.25) is 0 Å². The van der Waals surface area contributed by atoms with Crippen molar-refractivity contribution in [2.75, 3.05) is 20.1 Å². The van der Waals surface area contributed by atoms with Gasteiger partial charge in [-0.15, -0.1) is 0 Å². The molecular formula is C16H23ClN2O2. The molecule has 1 aliphatic heterocycles. The Morgan fingerprint density at radius 3 is 2.48 bits per heavy atom. The van der Waals surface area contributed by atoms with Crippen molar-refractivity contribution in [2.24, 2.45) is 0 Å². The fraction of sp³-hybridized carbons (Fsp3) is 0.562. The highest BCUT2D eigenvalue weighted by molar-refractivity contribution is 6.30. The van der Waals surface area contributed by atoms with Gasteiger partial charge in [-0.2, -0.15) is 0 Å². The molecule has 2 atom stereocenters. The van der Waals surface area contributed by atoms with Crippen molar-refractivity contribution in [2.45, 2.75) is 38.3 Å². The number of nitrogens with zero attached hydrogens (tertiary/aromatic N) is 1. The van der Waals surface area contributed by atoms with Crippen molar-refractivity contribution in [3.63, 3.8) is 0 Å². The van der Waals surface area contributed by atoms with Crippen LogP contribution in [0.15, 0.2) is 24.3 Å². The van der Waals surface area contributed by atoms with Crippen LogP contribution in [0.4, 0.5) is 4.79 Å². The zero-order valence-corrected chi connectivity index (χ0v) is 13.8. The van der Waals surface area contributed by atoms with E-state index in [4.69, 9.17) is 16.3 Å². The second-order valence-corrected chi connectivity index (χ2v) is 6.91. The highest BCUT2D eigenvalue weighted by Gasteiger charge is 2.35. The SMILES string of the molecule is CN(C(=O)OC(C)(C)C)[C@H]1CNC[C@@H]1c1ccc(Cl)cc1. The predicted molar refractivity (Wildman–Crippen MR) is 84.8 cm³/mol. The van der Waals surface area contributed by atoms with E-state index in [9.17, 15) is 4.79 Å². The van der Waals surface area contributed by atoms with Gasteiger partial charge in [0.15, 0.2) is 0 Å². The summed E-state index contributed by atoms with van der Waals surface area (Å²) in [5, 5.41) is 4.08. The summed E-state index contributed by atoms with van der Waals surface area (Å²) in [5.74, 6) is 0.250. The molecule has 0 aromatic heterocycles. The Balaban J connectivity index is 2.11. The highest BCUT2D eigenvalue weighted by Crippen LogP contribution is 2.28. The number of carbonyl (C=O) groups is 1. The van der Waals surface area contributed by atoms with Crippen LogP contribution in [0.25, 0.3) is 0 Å². The van der Waals surface area contributed by atoms with Crippen molar-refractivity contribution in [1.29, 1.82) is 0 Å². The standard InChI is InChI=1S/C16H23ClN2O2/c1-16(2,3)21-15(20)19(4)14-10-18-9-13(14)11-5-7-12(17)8-6-11/h5-8,13-14,18H,9-10H2,1-4H3/t13-,14+/m1/s1. The molecule has 1 aliphatic rings. The summed E-state index contributed by atoms with van der Waals surface area (Å²) in [6.07, 6.45) is -0.282. The number of likely N-dealkylation sites (N-methyl/N-ethyl adjacent to an activating group) is 1. The lowest BCUT2D eigenvalue weighted by molar-refractivity contribution is 0.0224. The molecule has 4 nitrogen and oxygen atoms in total. The Bertz CT molecular complexity index is 496. The van der Waals surface area contributed by atoms with E-state index in [-0.39, 0.29) is 18.1 Å². The number of carbonyl (C=O) groups excluding carboxylic acids is 1. The third-order valence-corrected chi connectivity index (χ3v) is 3.91. The zero-order chi connectivity index (χ0) is 15.6. The summed E-state index contributed by atoms with van der Waals surface area (Å²) in [6, 6.07) is 7.91. The van der Waals surface area contributed by atoms with Crippen LogP contribution in [0.1, 0.15) is 32.3 Å². The molecule has 0 spiro atoms. The molecule has 1 heterocycles. The second kappa shape index (κ2) is 6.24. The van der Waals surface area contributed by atoms with Gasteiger partial charge in [0.05, 0.1) is 6.04 Å². The van der Waals surface area contributed by atoms with E-state index in [2.05, 4.69) is 5.32 Å². The van der Waals surface area contributed by atoms with E-state index in [1.54, 1.807) is 11.9 Å². The molecule has 21 heavy (non-hydrogen) atoms. The molecule has 1 aromatic carbocycles. The molecule has 1 amide bonds. The van der Waals surface area contributed by atoms with Crippen LogP contribution in [0.3, 0.4) is 0 Å². The molecule has 116 valence electrons. The number of hydrogen-bond acceptors (Lipinski definition) is 3. The second-order valence-electron chi connectivity index (χ2n) is 6.47. The van der Waals surface area contributed by atoms with Crippen molar-refractivity contribution in [1.82, 2.24) is 10.2 Å². The summed E-state index contributed by atoms with van der Waals surface area (Å²) in [7, 11) is 1.80. The fourth-order valence-electron chi connectivity index (χ4n) is 2.59. The monoisotopic (exact) mass is 310 g/mol. The van der Waals surface area contributed by atoms with Crippen LogP contribution >= 0.6 is 11.6 Å². The Morgan fingerprint density at radius 2 is 1.90 bits per heavy atom. The molecule has 0 radical (unpaired) electrons. The van der Waals surface area contributed by atoms with Gasteiger partial charge in [-0.25, -0.2) is 4.79 Å². The maximum absolute atomic E-state index is 12.2. The van der Waals surface area contributed by atoms with Crippen molar-refractivity contribution in [3.05, 3.63) is 34.9 Å². The first-order valence-electron chi connectivity index (χ1n) is 7.20. The summed E-state index contributed by atoms with van der Waals surface area (Å²) in [5.41, 5.74) is 0.706. The van der Waals surface area contributed by atoms with E-state index < -0.39 is 5.60 Å². The van der Waals surface area contributed by atoms with Crippen LogP contribution in [0.5, 0.6) is 0 Å². The topological polar surface area (TPSA) is 41.6 Å². The maximum Gasteiger partial charge on any atom is 0.410 e. The minimum Gasteiger partial charge on any atom is -0.444 e. The first kappa shape index (κ1) is 16.1. The van der Waals surface area contributed by atoms with Crippen LogP contribution in [-0.4, -0.2) is 42.8 Å². The van der Waals surface area contributed by atoms with Crippen molar-refractivity contribution in [3.8, 4) is 0 Å². The van der Waals surface area contributed by atoms with E-state index >= 15 is 0 Å². The average Bonchev–Trinajstić information content (AvgIpc) is 2.85. The van der Waals surface area contributed by atoms with E-state index in [0.29, 0.717) is 0 Å². The van der Waals surface area contributed by atoms with E-state index in [0.717, 1.165) is 18.1 Å². The maximum atomic E-state index is 12.2. The number of hydrogen-bond donors (Lipinski definition) is 1. The fourth-order valence-corrected chi connectivity index (χ4v) is 2.72. The van der Waals surface area contributed by atoms with E-state index in [1.807, 2.05) is 45.0 Å². The molecular weight excluding hydrogens is 288 g/mol. The molecule has 1 saturated heterocycles. The Labute approximate surface area is 131 Å². The van der Waals surface area contributed by atoms with Gasteiger partial charge >= 0.3 is 6.09 Å². The quantitative estimate of drug-likeness (QED) is 0.911. The summed E-state index contributed by atoms with van der Waals surface area (Å²) >= 11 is 5.94. The van der Waals surface area contributed by atoms with Crippen molar-refractivity contribution < 1.29 is 9.53 Å². The predicted octanol–water partition coefficient (Wildman–Crippen LogP) is 3.26. The first-order chi connectivity index (χ1) is 9.78. The summed E-state index contributed by atoms with van der Waals surface area (Å²) in [4.78, 5) is 13.9. The Morgan fingerprint density at radius 1 is 1.29 bits per heavy atom. The highest BCUT2D eigenvalue weighted by atomic mass is 35.5. The lowest BCUT2D eigenvalue weighted by atomic mass is 9.94. The zero-order valence-electron chi connectivity index (χ0n) is 13.0. The number of halogens is 1. The van der Waals surface area contributed by atoms with Gasteiger partial charge in [-0.3, -0.25) is 0 Å². The summed E-state index contributed by atoms with van der Waals surface area (Å²) in [6.45, 7) is 7.25. The number of amides is 1. The Kier molecular flexibility index (Phi) is 4.79. The average molecular weight is 311 g/mol. The third-order valence-electron chi connectivity index (χ3n) is 3.66. The molecule has 1 N–H and O–H groups in total. The molecule has 0 saturated carbocycles. The minimum absolute atomic E-state index is 0.0843. The number of nitrogens with one attached hydrogen (secondary N) is 1. The van der Waals surface area contributed by atoms with Gasteiger partial charge in [0, 0.05) is 31.1 Å². The smallest absolute Gasteiger partial charge is 0.410 e. The Hall–Kier alpha value is -1.26. The molecule has 0 aliphatic carbocycles. The normalized spacial score (nSPS) is 22.1. The summed E-state index contributed by atoms with van der Waals surface area (Å²) < 4.78 is 5.45. The first-order valence-corrected chi connectivity index (χ1v) is 7.58. The van der Waals surface area contributed by atoms with Gasteiger partial charge < -0.3 is 15.0 Å². The largest absolute Gasteiger partial charge is 0.444 e. The molecule has 1 aromatic rings. The van der Waals surface area contributed by atoms with Crippen LogP contribution < -0.4 is 5.32 Å². The van der Waals surface area contributed by atoms with Gasteiger partial charge in [-0.05, 0) is 38.5 Å². The van der Waals surface area contributed by atoms with Gasteiger partial charge in [-0.1, -0.05) is 23.7 Å². The minimum atomic E-state index is -0.479. The lowest BCUT2D eigenvalue weighted by Gasteiger charge is -2.31. The number of ether oxygens (including phenoxy) is 1. The van der Waals surface area contributed by atoms with Crippen LogP contribution in [0.2, 0.25) is 5.02 Å². The molecule has 0 bridgehead atoms. The van der Waals surface area contributed by atoms with Crippen LogP contribution in [0, 0.1) is 0 Å². The molecule has 5 heteroatoms. The lowest BCUT2D eigenvalue weighted by Crippen LogP contribution is -2.43. The van der Waals surface area contributed by atoms with Gasteiger partial charge in [0.25, 0.3) is 0 Å². The van der Waals surface area contributed by atoms with Gasteiger partial charge in [0.1, 0.15) is 5.60 Å². The van der Waals surface area contributed by atoms with Crippen molar-refractivity contribution >= 4 is 17.7 Å². The molecule has 1 fully saturated rings. The number of benzene rings is 1. The van der Waals surface area contributed by atoms with Crippen LogP contribution in [-0.2, 0) is 4.74 Å². The van der Waals surface area contributed by atoms with E-state index in [1.165, 1.54) is 5.56 Å². The molecule has 2 rings (SSSR count).